The Hall–Kier alpha value is -0.470. The zero-order valence-electron chi connectivity index (χ0n) is 11.8. The Balaban J connectivity index is 2.37. The van der Waals surface area contributed by atoms with E-state index < -0.39 is 15.1 Å². The largest absolute Gasteiger partial charge is 0.307 e. The van der Waals surface area contributed by atoms with Gasteiger partial charge < -0.3 is 5.32 Å². The molecule has 0 aliphatic carbocycles. The molecule has 20 heavy (non-hydrogen) atoms. The monoisotopic (exact) mass is 364 g/mol. The molecule has 114 valence electrons. The highest BCUT2D eigenvalue weighted by Crippen LogP contribution is 2.33. The average molecular weight is 365 g/mol. The molecular formula is C12H21BrN4O2S. The van der Waals surface area contributed by atoms with Gasteiger partial charge in [-0.1, -0.05) is 18.6 Å². The maximum absolute atomic E-state index is 12.4. The molecule has 2 heterocycles. The third-order valence-corrected chi connectivity index (χ3v) is 6.59. The number of nitrogens with one attached hydrogen (secondary N) is 1. The zero-order valence-corrected chi connectivity index (χ0v) is 14.2. The van der Waals surface area contributed by atoms with Gasteiger partial charge in [0.25, 0.3) is 0 Å². The second-order valence-electron chi connectivity index (χ2n) is 5.22. The summed E-state index contributed by atoms with van der Waals surface area (Å²) in [4.78, 5) is 0. The van der Waals surface area contributed by atoms with E-state index in [0.717, 1.165) is 31.5 Å². The van der Waals surface area contributed by atoms with Crippen LogP contribution in [0.3, 0.4) is 0 Å². The van der Waals surface area contributed by atoms with Crippen molar-refractivity contribution in [2.45, 2.75) is 43.9 Å². The third-order valence-electron chi connectivity index (χ3n) is 3.74. The van der Waals surface area contributed by atoms with Crippen LogP contribution in [0.1, 0.15) is 44.3 Å². The lowest BCUT2D eigenvalue weighted by molar-refractivity contribution is 0.426. The van der Waals surface area contributed by atoms with Crippen LogP contribution in [0.2, 0.25) is 0 Å². The molecule has 1 fully saturated rings. The van der Waals surface area contributed by atoms with Crippen LogP contribution in [-0.2, 0) is 16.9 Å². The van der Waals surface area contributed by atoms with Crippen LogP contribution in [0.15, 0.2) is 4.60 Å². The van der Waals surface area contributed by atoms with Crippen LogP contribution in [0.25, 0.3) is 0 Å². The fourth-order valence-corrected chi connectivity index (χ4v) is 5.38. The summed E-state index contributed by atoms with van der Waals surface area (Å²) >= 11 is 3.38. The van der Waals surface area contributed by atoms with E-state index in [1.807, 2.05) is 0 Å². The van der Waals surface area contributed by atoms with E-state index in [2.05, 4.69) is 38.5 Å². The molecule has 2 rings (SSSR count). The number of rotatable bonds is 5. The SMILES string of the molecule is CCCNC(c1c(Br)nnn1C)C1CCCCS1(=O)=O. The van der Waals surface area contributed by atoms with Crippen molar-refractivity contribution in [2.24, 2.45) is 7.05 Å². The van der Waals surface area contributed by atoms with Crippen molar-refractivity contribution in [3.05, 3.63) is 10.3 Å². The highest BCUT2D eigenvalue weighted by Gasteiger charge is 2.38. The summed E-state index contributed by atoms with van der Waals surface area (Å²) in [6, 6.07) is -0.255. The highest BCUT2D eigenvalue weighted by molar-refractivity contribution is 9.10. The van der Waals surface area contributed by atoms with Crippen LogP contribution >= 0.6 is 15.9 Å². The van der Waals surface area contributed by atoms with E-state index in [-0.39, 0.29) is 11.8 Å². The minimum Gasteiger partial charge on any atom is -0.307 e. The van der Waals surface area contributed by atoms with E-state index in [1.165, 1.54) is 0 Å². The normalized spacial score (nSPS) is 23.6. The topological polar surface area (TPSA) is 76.9 Å². The van der Waals surface area contributed by atoms with E-state index in [1.54, 1.807) is 11.7 Å². The van der Waals surface area contributed by atoms with Gasteiger partial charge in [-0.05, 0) is 41.7 Å². The van der Waals surface area contributed by atoms with Gasteiger partial charge in [0, 0.05) is 7.05 Å². The maximum Gasteiger partial charge on any atom is 0.155 e. The summed E-state index contributed by atoms with van der Waals surface area (Å²) < 4.78 is 27.1. The summed E-state index contributed by atoms with van der Waals surface area (Å²) in [6.45, 7) is 2.84. The summed E-state index contributed by atoms with van der Waals surface area (Å²) in [5.74, 6) is 0.283. The Morgan fingerprint density at radius 1 is 1.50 bits per heavy atom. The van der Waals surface area contributed by atoms with Crippen molar-refractivity contribution in [3.8, 4) is 0 Å². The third kappa shape index (κ3) is 3.23. The Morgan fingerprint density at radius 3 is 2.80 bits per heavy atom. The number of aromatic nitrogens is 3. The fourth-order valence-electron chi connectivity index (χ4n) is 2.73. The quantitative estimate of drug-likeness (QED) is 0.858. The van der Waals surface area contributed by atoms with Gasteiger partial charge in [-0.25, -0.2) is 13.1 Å². The van der Waals surface area contributed by atoms with Crippen molar-refractivity contribution in [1.29, 1.82) is 0 Å². The Morgan fingerprint density at radius 2 is 2.25 bits per heavy atom. The van der Waals surface area contributed by atoms with Crippen molar-refractivity contribution >= 4 is 25.8 Å². The average Bonchev–Trinajstić information content (AvgIpc) is 2.72. The standard InChI is InChI=1S/C12H21BrN4O2S/c1-3-7-14-10(11-12(13)15-16-17(11)2)9-6-4-5-8-20(9,18)19/h9-10,14H,3-8H2,1-2H3. The lowest BCUT2D eigenvalue weighted by atomic mass is 10.0. The summed E-state index contributed by atoms with van der Waals surface area (Å²) in [6.07, 6.45) is 3.37. The number of halogens is 1. The molecule has 1 aromatic heterocycles. The Kier molecular flexibility index (Phi) is 5.19. The van der Waals surface area contributed by atoms with E-state index >= 15 is 0 Å². The predicted molar refractivity (Wildman–Crippen MR) is 81.2 cm³/mol. The van der Waals surface area contributed by atoms with Gasteiger partial charge in [-0.3, -0.25) is 0 Å². The number of hydrogen-bond donors (Lipinski definition) is 1. The number of hydrogen-bond acceptors (Lipinski definition) is 5. The van der Waals surface area contributed by atoms with Crippen LogP contribution in [0.4, 0.5) is 0 Å². The van der Waals surface area contributed by atoms with Gasteiger partial charge in [-0.2, -0.15) is 0 Å². The molecule has 1 aromatic rings. The van der Waals surface area contributed by atoms with Crippen molar-refractivity contribution in [1.82, 2.24) is 20.3 Å². The van der Waals surface area contributed by atoms with Crippen molar-refractivity contribution in [3.63, 3.8) is 0 Å². The van der Waals surface area contributed by atoms with E-state index in [9.17, 15) is 8.42 Å². The molecular weight excluding hydrogens is 344 g/mol. The fraction of sp³-hybridized carbons (Fsp3) is 0.833. The zero-order chi connectivity index (χ0) is 14.8. The minimum absolute atomic E-state index is 0.255. The van der Waals surface area contributed by atoms with Crippen LogP contribution in [0, 0.1) is 0 Å². The lowest BCUT2D eigenvalue weighted by Crippen LogP contribution is -2.42. The van der Waals surface area contributed by atoms with Crippen molar-refractivity contribution in [2.75, 3.05) is 12.3 Å². The summed E-state index contributed by atoms with van der Waals surface area (Å²) in [5, 5.41) is 10.9. The van der Waals surface area contributed by atoms with E-state index in [4.69, 9.17) is 0 Å². The molecule has 1 N–H and O–H groups in total. The Bertz CT molecular complexity index is 538. The maximum atomic E-state index is 12.4. The summed E-state index contributed by atoms with van der Waals surface area (Å²) in [7, 11) is -1.27. The highest BCUT2D eigenvalue weighted by atomic mass is 79.9. The molecule has 1 aliphatic rings. The molecule has 1 saturated heterocycles. The second-order valence-corrected chi connectivity index (χ2v) is 8.31. The minimum atomic E-state index is -3.06. The first-order chi connectivity index (χ1) is 9.47. The number of aryl methyl sites for hydroxylation is 1. The predicted octanol–water partition coefficient (Wildman–Crippen LogP) is 1.59. The molecule has 2 unspecified atom stereocenters. The molecule has 0 spiro atoms. The van der Waals surface area contributed by atoms with Gasteiger partial charge in [0.2, 0.25) is 0 Å². The first-order valence-corrected chi connectivity index (χ1v) is 9.48. The van der Waals surface area contributed by atoms with Gasteiger partial charge in [0.1, 0.15) is 0 Å². The molecule has 8 heteroatoms. The molecule has 1 aliphatic heterocycles. The van der Waals surface area contributed by atoms with Crippen LogP contribution in [-0.4, -0.2) is 41.0 Å². The molecule has 0 aromatic carbocycles. The lowest BCUT2D eigenvalue weighted by Gasteiger charge is -2.30. The molecule has 0 saturated carbocycles. The smallest absolute Gasteiger partial charge is 0.155 e. The molecule has 0 amide bonds. The van der Waals surface area contributed by atoms with Crippen LogP contribution < -0.4 is 5.32 Å². The van der Waals surface area contributed by atoms with Gasteiger partial charge in [0.15, 0.2) is 14.4 Å². The summed E-state index contributed by atoms with van der Waals surface area (Å²) in [5.41, 5.74) is 0.814. The molecule has 0 radical (unpaired) electrons. The molecule has 6 nitrogen and oxygen atoms in total. The first-order valence-electron chi connectivity index (χ1n) is 6.97. The Labute approximate surface area is 128 Å². The molecule has 2 atom stereocenters. The second kappa shape index (κ2) is 6.53. The van der Waals surface area contributed by atoms with Gasteiger partial charge in [-0.15, -0.1) is 5.10 Å². The van der Waals surface area contributed by atoms with E-state index in [0.29, 0.717) is 11.0 Å². The van der Waals surface area contributed by atoms with Crippen LogP contribution in [0.5, 0.6) is 0 Å². The first kappa shape index (κ1) is 15.9. The van der Waals surface area contributed by atoms with Gasteiger partial charge >= 0.3 is 0 Å². The number of sulfone groups is 1. The van der Waals surface area contributed by atoms with Crippen molar-refractivity contribution < 1.29 is 8.42 Å². The molecule has 0 bridgehead atoms. The number of nitrogens with zero attached hydrogens (tertiary/aromatic N) is 3. The van der Waals surface area contributed by atoms with Gasteiger partial charge in [0.05, 0.1) is 22.7 Å².